The van der Waals surface area contributed by atoms with Crippen LogP contribution in [0, 0.1) is 12.8 Å². The zero-order valence-corrected chi connectivity index (χ0v) is 8.51. The predicted octanol–water partition coefficient (Wildman–Crippen LogP) is 3.06. The second-order valence-electron chi connectivity index (χ2n) is 3.86. The largest absolute Gasteiger partial charge is 0.324 e. The Balaban J connectivity index is 2.28. The first-order chi connectivity index (χ1) is 6.18. The Morgan fingerprint density at radius 2 is 2.15 bits per heavy atom. The van der Waals surface area contributed by atoms with E-state index in [1.165, 1.54) is 24.0 Å². The molecule has 13 heavy (non-hydrogen) atoms. The van der Waals surface area contributed by atoms with Crippen LogP contribution < -0.4 is 5.73 Å². The van der Waals surface area contributed by atoms with Gasteiger partial charge in [0.1, 0.15) is 0 Å². The summed E-state index contributed by atoms with van der Waals surface area (Å²) in [7, 11) is 0. The minimum absolute atomic E-state index is 0.220. The number of halogens is 1. The van der Waals surface area contributed by atoms with Gasteiger partial charge in [-0.15, -0.1) is 0 Å². The summed E-state index contributed by atoms with van der Waals surface area (Å²) in [6, 6.07) is 6.18. The van der Waals surface area contributed by atoms with Crippen LogP contribution in [0.1, 0.15) is 30.0 Å². The maximum absolute atomic E-state index is 6.11. The number of rotatable bonds is 2. The monoisotopic (exact) mass is 195 g/mol. The Kier molecular flexibility index (Phi) is 2.31. The first kappa shape index (κ1) is 9.04. The Morgan fingerprint density at radius 3 is 2.69 bits per heavy atom. The van der Waals surface area contributed by atoms with Gasteiger partial charge in [-0.1, -0.05) is 17.7 Å². The lowest BCUT2D eigenvalue weighted by Gasteiger charge is -2.13. The van der Waals surface area contributed by atoms with Crippen molar-refractivity contribution >= 4 is 11.6 Å². The molecule has 1 fully saturated rings. The molecule has 0 spiro atoms. The van der Waals surface area contributed by atoms with Gasteiger partial charge >= 0.3 is 0 Å². The van der Waals surface area contributed by atoms with E-state index < -0.39 is 0 Å². The van der Waals surface area contributed by atoms with Crippen LogP contribution >= 0.6 is 11.6 Å². The highest BCUT2D eigenvalue weighted by atomic mass is 35.5. The van der Waals surface area contributed by atoms with E-state index >= 15 is 0 Å². The molecule has 0 heterocycles. The van der Waals surface area contributed by atoms with Crippen LogP contribution in [-0.2, 0) is 0 Å². The molecule has 0 aromatic heterocycles. The van der Waals surface area contributed by atoms with Crippen molar-refractivity contribution in [2.45, 2.75) is 25.8 Å². The fraction of sp³-hybridized carbons (Fsp3) is 0.455. The summed E-state index contributed by atoms with van der Waals surface area (Å²) < 4.78 is 0. The molecule has 1 aromatic carbocycles. The minimum atomic E-state index is 0.220. The molecule has 2 N–H and O–H groups in total. The van der Waals surface area contributed by atoms with Crippen LogP contribution in [0.5, 0.6) is 0 Å². The highest BCUT2D eigenvalue weighted by molar-refractivity contribution is 6.30. The number of aryl methyl sites for hydroxylation is 1. The summed E-state index contributed by atoms with van der Waals surface area (Å²) in [4.78, 5) is 0. The van der Waals surface area contributed by atoms with Gasteiger partial charge in [-0.3, -0.25) is 0 Å². The molecule has 2 heteroatoms. The summed E-state index contributed by atoms with van der Waals surface area (Å²) in [6.45, 7) is 2.07. The third-order valence-electron chi connectivity index (χ3n) is 2.72. The lowest BCUT2D eigenvalue weighted by molar-refractivity contribution is 0.630. The quantitative estimate of drug-likeness (QED) is 0.772. The molecule has 1 aliphatic rings. The molecule has 0 aliphatic heterocycles. The van der Waals surface area contributed by atoms with E-state index in [-0.39, 0.29) is 6.04 Å². The molecule has 1 nitrogen and oxygen atoms in total. The molecule has 1 aromatic rings. The molecule has 1 aliphatic carbocycles. The van der Waals surface area contributed by atoms with Crippen molar-refractivity contribution in [2.75, 3.05) is 0 Å². The van der Waals surface area contributed by atoms with Crippen molar-refractivity contribution in [1.29, 1.82) is 0 Å². The van der Waals surface area contributed by atoms with E-state index in [1.54, 1.807) is 0 Å². The van der Waals surface area contributed by atoms with E-state index in [4.69, 9.17) is 17.3 Å². The average Bonchev–Trinajstić information content (AvgIpc) is 2.85. The minimum Gasteiger partial charge on any atom is -0.324 e. The lowest BCUT2D eigenvalue weighted by Crippen LogP contribution is -2.13. The SMILES string of the molecule is Cc1cc(Cl)ccc1[C@@H](N)C1CC1. The van der Waals surface area contributed by atoms with Crippen molar-refractivity contribution in [3.05, 3.63) is 34.3 Å². The third-order valence-corrected chi connectivity index (χ3v) is 2.96. The summed E-state index contributed by atoms with van der Waals surface area (Å²) in [5.41, 5.74) is 8.58. The van der Waals surface area contributed by atoms with Crippen molar-refractivity contribution in [2.24, 2.45) is 11.7 Å². The molecule has 0 radical (unpaired) electrons. The van der Waals surface area contributed by atoms with Crippen LogP contribution in [0.4, 0.5) is 0 Å². The van der Waals surface area contributed by atoms with Crippen LogP contribution in [0.15, 0.2) is 18.2 Å². The molecule has 1 atom stereocenters. The van der Waals surface area contributed by atoms with Gasteiger partial charge in [-0.25, -0.2) is 0 Å². The zero-order valence-electron chi connectivity index (χ0n) is 7.76. The maximum atomic E-state index is 6.11. The van der Waals surface area contributed by atoms with Gasteiger partial charge in [0.15, 0.2) is 0 Å². The predicted molar refractivity (Wildman–Crippen MR) is 55.8 cm³/mol. The summed E-state index contributed by atoms with van der Waals surface area (Å²) in [5.74, 6) is 0.708. The fourth-order valence-corrected chi connectivity index (χ4v) is 1.95. The Bertz CT molecular complexity index is 318. The van der Waals surface area contributed by atoms with Gasteiger partial charge in [-0.2, -0.15) is 0 Å². The number of benzene rings is 1. The normalized spacial score (nSPS) is 18.7. The molecule has 70 valence electrons. The Labute approximate surface area is 83.9 Å². The van der Waals surface area contributed by atoms with E-state index in [2.05, 4.69) is 13.0 Å². The van der Waals surface area contributed by atoms with E-state index in [0.29, 0.717) is 5.92 Å². The average molecular weight is 196 g/mol. The molecule has 0 saturated heterocycles. The van der Waals surface area contributed by atoms with Gasteiger partial charge in [0.25, 0.3) is 0 Å². The second-order valence-corrected chi connectivity index (χ2v) is 4.30. The highest BCUT2D eigenvalue weighted by Gasteiger charge is 2.30. The standard InChI is InChI=1S/C11H14ClN/c1-7-6-9(12)4-5-10(7)11(13)8-2-3-8/h4-6,8,11H,2-3,13H2,1H3/t11-/m0/s1. The van der Waals surface area contributed by atoms with E-state index in [9.17, 15) is 0 Å². The fourth-order valence-electron chi connectivity index (χ4n) is 1.72. The van der Waals surface area contributed by atoms with Crippen LogP contribution in [0.3, 0.4) is 0 Å². The lowest BCUT2D eigenvalue weighted by atomic mass is 9.99. The molecular weight excluding hydrogens is 182 g/mol. The van der Waals surface area contributed by atoms with Crippen molar-refractivity contribution in [3.8, 4) is 0 Å². The van der Waals surface area contributed by atoms with Crippen molar-refractivity contribution in [3.63, 3.8) is 0 Å². The number of nitrogens with two attached hydrogens (primary N) is 1. The Morgan fingerprint density at radius 1 is 1.46 bits per heavy atom. The highest BCUT2D eigenvalue weighted by Crippen LogP contribution is 2.40. The number of hydrogen-bond acceptors (Lipinski definition) is 1. The van der Waals surface area contributed by atoms with Crippen LogP contribution in [0.2, 0.25) is 5.02 Å². The molecule has 2 rings (SSSR count). The third kappa shape index (κ3) is 1.87. The second kappa shape index (κ2) is 3.32. The van der Waals surface area contributed by atoms with Gasteiger partial charge in [0, 0.05) is 11.1 Å². The van der Waals surface area contributed by atoms with Crippen molar-refractivity contribution < 1.29 is 0 Å². The van der Waals surface area contributed by atoms with Gasteiger partial charge < -0.3 is 5.73 Å². The molecule has 0 unspecified atom stereocenters. The number of hydrogen-bond donors (Lipinski definition) is 1. The molecule has 0 bridgehead atoms. The Hall–Kier alpha value is -0.530. The zero-order chi connectivity index (χ0) is 9.42. The molecular formula is C11H14ClN. The van der Waals surface area contributed by atoms with E-state index in [0.717, 1.165) is 5.02 Å². The maximum Gasteiger partial charge on any atom is 0.0408 e. The summed E-state index contributed by atoms with van der Waals surface area (Å²) >= 11 is 5.88. The topological polar surface area (TPSA) is 26.0 Å². The van der Waals surface area contributed by atoms with Gasteiger partial charge in [0.2, 0.25) is 0 Å². The van der Waals surface area contributed by atoms with Crippen molar-refractivity contribution in [1.82, 2.24) is 0 Å². The van der Waals surface area contributed by atoms with Crippen LogP contribution in [-0.4, -0.2) is 0 Å². The summed E-state index contributed by atoms with van der Waals surface area (Å²) in [6.07, 6.45) is 2.56. The van der Waals surface area contributed by atoms with Crippen LogP contribution in [0.25, 0.3) is 0 Å². The van der Waals surface area contributed by atoms with Gasteiger partial charge in [-0.05, 0) is 48.9 Å². The smallest absolute Gasteiger partial charge is 0.0408 e. The molecule has 1 saturated carbocycles. The molecule has 0 amide bonds. The first-order valence-corrected chi connectivity index (χ1v) is 5.08. The van der Waals surface area contributed by atoms with E-state index in [1.807, 2.05) is 12.1 Å². The van der Waals surface area contributed by atoms with Gasteiger partial charge in [0.05, 0.1) is 0 Å². The first-order valence-electron chi connectivity index (χ1n) is 4.70. The summed E-state index contributed by atoms with van der Waals surface area (Å²) in [5, 5.41) is 0.796.